The largest absolute Gasteiger partial charge is 0.464 e. The molecular formula is C15H15N3O. The maximum atomic E-state index is 5.62. The number of para-hydroxylation sites is 1. The fourth-order valence-electron chi connectivity index (χ4n) is 2.80. The van der Waals surface area contributed by atoms with Crippen LogP contribution in [0.1, 0.15) is 12.1 Å². The van der Waals surface area contributed by atoms with E-state index >= 15 is 0 Å². The summed E-state index contributed by atoms with van der Waals surface area (Å²) in [5.74, 6) is 0.976. The van der Waals surface area contributed by atoms with Crippen LogP contribution in [0, 0.1) is 6.92 Å². The predicted octanol–water partition coefficient (Wildman–Crippen LogP) is 3.42. The molecule has 4 nitrogen and oxygen atoms in total. The van der Waals surface area contributed by atoms with E-state index in [1.54, 1.807) is 0 Å². The molecule has 0 bridgehead atoms. The van der Waals surface area contributed by atoms with E-state index in [9.17, 15) is 0 Å². The quantitative estimate of drug-likeness (QED) is 0.722. The normalized spacial score (nSPS) is 14.4. The molecule has 1 N–H and O–H groups in total. The SMILES string of the molecule is Cc1c(-c2coc3ccccc23)nc2n1CCCN2. The van der Waals surface area contributed by atoms with Gasteiger partial charge in [0.25, 0.3) is 0 Å². The van der Waals surface area contributed by atoms with Crippen molar-refractivity contribution in [2.45, 2.75) is 19.9 Å². The van der Waals surface area contributed by atoms with Crippen LogP contribution >= 0.6 is 0 Å². The number of nitrogens with one attached hydrogen (secondary N) is 1. The minimum Gasteiger partial charge on any atom is -0.464 e. The van der Waals surface area contributed by atoms with Crippen molar-refractivity contribution in [2.75, 3.05) is 11.9 Å². The summed E-state index contributed by atoms with van der Waals surface area (Å²) in [4.78, 5) is 4.73. The Hall–Kier alpha value is -2.23. The summed E-state index contributed by atoms with van der Waals surface area (Å²) >= 11 is 0. The van der Waals surface area contributed by atoms with Gasteiger partial charge in [0, 0.05) is 29.7 Å². The zero-order chi connectivity index (χ0) is 12.8. The average Bonchev–Trinajstić information content (AvgIpc) is 3.01. The van der Waals surface area contributed by atoms with Gasteiger partial charge in [-0.2, -0.15) is 0 Å². The molecule has 0 atom stereocenters. The zero-order valence-electron chi connectivity index (χ0n) is 10.8. The molecule has 0 aliphatic carbocycles. The van der Waals surface area contributed by atoms with Gasteiger partial charge in [-0.3, -0.25) is 0 Å². The van der Waals surface area contributed by atoms with Crippen LogP contribution in [-0.4, -0.2) is 16.1 Å². The first-order valence-corrected chi connectivity index (χ1v) is 6.62. The van der Waals surface area contributed by atoms with Crippen molar-refractivity contribution in [3.63, 3.8) is 0 Å². The highest BCUT2D eigenvalue weighted by Gasteiger charge is 2.20. The Bertz CT molecular complexity index is 754. The van der Waals surface area contributed by atoms with Crippen LogP contribution < -0.4 is 5.32 Å². The monoisotopic (exact) mass is 253 g/mol. The van der Waals surface area contributed by atoms with Gasteiger partial charge < -0.3 is 14.3 Å². The molecule has 0 saturated carbocycles. The predicted molar refractivity (Wildman–Crippen MR) is 75.3 cm³/mol. The molecular weight excluding hydrogens is 238 g/mol. The number of hydrogen-bond acceptors (Lipinski definition) is 3. The molecule has 0 amide bonds. The lowest BCUT2D eigenvalue weighted by molar-refractivity contribution is 0.614. The van der Waals surface area contributed by atoms with Crippen molar-refractivity contribution < 1.29 is 4.42 Å². The first-order valence-electron chi connectivity index (χ1n) is 6.62. The fourth-order valence-corrected chi connectivity index (χ4v) is 2.80. The second kappa shape index (κ2) is 3.88. The lowest BCUT2D eigenvalue weighted by Crippen LogP contribution is -2.17. The van der Waals surface area contributed by atoms with Crippen LogP contribution in [0.3, 0.4) is 0 Å². The van der Waals surface area contributed by atoms with Crippen LogP contribution in [0.25, 0.3) is 22.2 Å². The maximum absolute atomic E-state index is 5.62. The summed E-state index contributed by atoms with van der Waals surface area (Å²) < 4.78 is 7.87. The minimum atomic E-state index is 0.913. The van der Waals surface area contributed by atoms with Crippen LogP contribution in [0.2, 0.25) is 0 Å². The number of fused-ring (bicyclic) bond motifs is 2. The first kappa shape index (κ1) is 10.7. The van der Waals surface area contributed by atoms with Crippen LogP contribution in [0.5, 0.6) is 0 Å². The Labute approximate surface area is 111 Å². The Morgan fingerprint density at radius 2 is 2.21 bits per heavy atom. The summed E-state index contributed by atoms with van der Waals surface area (Å²) in [5.41, 5.74) is 4.22. The van der Waals surface area contributed by atoms with Crippen LogP contribution in [0.15, 0.2) is 34.9 Å². The molecule has 0 spiro atoms. The van der Waals surface area contributed by atoms with E-state index in [0.29, 0.717) is 0 Å². The Balaban J connectivity index is 1.95. The molecule has 3 aromatic rings. The van der Waals surface area contributed by atoms with E-state index in [1.165, 1.54) is 5.69 Å². The summed E-state index contributed by atoms with van der Waals surface area (Å²) in [5, 5.41) is 4.48. The molecule has 0 fully saturated rings. The maximum Gasteiger partial charge on any atom is 0.203 e. The third-order valence-electron chi connectivity index (χ3n) is 3.80. The van der Waals surface area contributed by atoms with Gasteiger partial charge in [0.2, 0.25) is 5.95 Å². The highest BCUT2D eigenvalue weighted by molar-refractivity contribution is 5.93. The van der Waals surface area contributed by atoms with Gasteiger partial charge in [0.1, 0.15) is 11.8 Å². The molecule has 4 heteroatoms. The molecule has 4 rings (SSSR count). The minimum absolute atomic E-state index is 0.913. The number of hydrogen-bond donors (Lipinski definition) is 1. The van der Waals surface area contributed by atoms with E-state index in [-0.39, 0.29) is 0 Å². The lowest BCUT2D eigenvalue weighted by Gasteiger charge is -2.16. The van der Waals surface area contributed by atoms with Gasteiger partial charge >= 0.3 is 0 Å². The molecule has 2 aromatic heterocycles. The van der Waals surface area contributed by atoms with E-state index in [4.69, 9.17) is 9.40 Å². The second-order valence-electron chi connectivity index (χ2n) is 4.95. The molecule has 96 valence electrons. The molecule has 1 aromatic carbocycles. The van der Waals surface area contributed by atoms with Crippen molar-refractivity contribution >= 4 is 16.9 Å². The van der Waals surface area contributed by atoms with Gasteiger partial charge in [-0.15, -0.1) is 0 Å². The third kappa shape index (κ3) is 1.49. The Morgan fingerprint density at radius 1 is 1.32 bits per heavy atom. The Morgan fingerprint density at radius 3 is 3.11 bits per heavy atom. The topological polar surface area (TPSA) is 43.0 Å². The van der Waals surface area contributed by atoms with E-state index in [2.05, 4.69) is 22.9 Å². The van der Waals surface area contributed by atoms with E-state index < -0.39 is 0 Å². The third-order valence-corrected chi connectivity index (χ3v) is 3.80. The van der Waals surface area contributed by atoms with Gasteiger partial charge in [0.15, 0.2) is 0 Å². The molecule has 1 aliphatic rings. The molecule has 19 heavy (non-hydrogen) atoms. The molecule has 3 heterocycles. The van der Waals surface area contributed by atoms with Crippen molar-refractivity contribution in [3.05, 3.63) is 36.2 Å². The smallest absolute Gasteiger partial charge is 0.203 e. The lowest BCUT2D eigenvalue weighted by atomic mass is 10.1. The second-order valence-corrected chi connectivity index (χ2v) is 4.95. The van der Waals surface area contributed by atoms with Crippen molar-refractivity contribution in [2.24, 2.45) is 0 Å². The molecule has 1 aliphatic heterocycles. The number of nitrogens with zero attached hydrogens (tertiary/aromatic N) is 2. The Kier molecular flexibility index (Phi) is 2.18. The summed E-state index contributed by atoms with van der Waals surface area (Å²) in [6, 6.07) is 8.09. The highest BCUT2D eigenvalue weighted by atomic mass is 16.3. The van der Waals surface area contributed by atoms with Crippen molar-refractivity contribution in [1.82, 2.24) is 9.55 Å². The average molecular weight is 253 g/mol. The van der Waals surface area contributed by atoms with Crippen LogP contribution in [-0.2, 0) is 6.54 Å². The standard InChI is InChI=1S/C15H15N3O/c1-10-14(17-15-16-7-4-8-18(10)15)12-9-19-13-6-3-2-5-11(12)13/h2-3,5-6,9H,4,7-8H2,1H3,(H,16,17). The van der Waals surface area contributed by atoms with Gasteiger partial charge in [-0.25, -0.2) is 4.98 Å². The van der Waals surface area contributed by atoms with E-state index in [1.807, 2.05) is 24.5 Å². The van der Waals surface area contributed by atoms with Gasteiger partial charge in [0.05, 0.1) is 5.69 Å². The van der Waals surface area contributed by atoms with Gasteiger partial charge in [-0.1, -0.05) is 18.2 Å². The van der Waals surface area contributed by atoms with E-state index in [0.717, 1.165) is 47.7 Å². The first-order chi connectivity index (χ1) is 9.34. The fraction of sp³-hybridized carbons (Fsp3) is 0.267. The number of imidazole rings is 1. The highest BCUT2D eigenvalue weighted by Crippen LogP contribution is 2.34. The molecule has 0 radical (unpaired) electrons. The summed E-state index contributed by atoms with van der Waals surface area (Å²) in [7, 11) is 0. The number of rotatable bonds is 1. The van der Waals surface area contributed by atoms with Gasteiger partial charge in [-0.05, 0) is 19.4 Å². The zero-order valence-corrected chi connectivity index (χ0v) is 10.8. The number of benzene rings is 1. The number of aromatic nitrogens is 2. The summed E-state index contributed by atoms with van der Waals surface area (Å²) in [6.07, 6.45) is 2.96. The van der Waals surface area contributed by atoms with Crippen molar-refractivity contribution in [1.29, 1.82) is 0 Å². The molecule has 0 unspecified atom stereocenters. The number of anilines is 1. The summed E-state index contributed by atoms with van der Waals surface area (Å²) in [6.45, 7) is 4.17. The number of furan rings is 1. The van der Waals surface area contributed by atoms with Crippen molar-refractivity contribution in [3.8, 4) is 11.3 Å². The molecule has 0 saturated heterocycles. The van der Waals surface area contributed by atoms with Crippen LogP contribution in [0.4, 0.5) is 5.95 Å².